The number of aryl methyl sites for hydroxylation is 3. The van der Waals surface area contributed by atoms with Crippen LogP contribution in [0.25, 0.3) is 22.0 Å². The number of esters is 1. The van der Waals surface area contributed by atoms with Crippen LogP contribution >= 0.6 is 0 Å². The summed E-state index contributed by atoms with van der Waals surface area (Å²) in [4.78, 5) is 27.5. The van der Waals surface area contributed by atoms with Crippen molar-refractivity contribution in [2.45, 2.75) is 26.8 Å². The Hall–Kier alpha value is -3.28. The Balaban J connectivity index is 1.40. The summed E-state index contributed by atoms with van der Waals surface area (Å²) in [7, 11) is 0. The van der Waals surface area contributed by atoms with Crippen molar-refractivity contribution in [1.82, 2.24) is 9.55 Å². The molecule has 0 aliphatic carbocycles. The van der Waals surface area contributed by atoms with Gasteiger partial charge in [-0.2, -0.15) is 0 Å². The molecule has 0 aliphatic heterocycles. The van der Waals surface area contributed by atoms with E-state index in [1.54, 1.807) is 16.7 Å². The molecule has 6 nitrogen and oxygen atoms in total. The molecule has 138 valence electrons. The first-order valence-electron chi connectivity index (χ1n) is 8.89. The molecule has 0 atom stereocenters. The molecule has 2 aromatic heterocycles. The van der Waals surface area contributed by atoms with Crippen molar-refractivity contribution < 1.29 is 13.9 Å². The van der Waals surface area contributed by atoms with Gasteiger partial charge in [-0.3, -0.25) is 4.57 Å². The summed E-state index contributed by atoms with van der Waals surface area (Å²) in [6, 6.07) is 12.8. The zero-order chi connectivity index (χ0) is 19.0. The summed E-state index contributed by atoms with van der Waals surface area (Å²) in [5.41, 5.74) is 5.06. The summed E-state index contributed by atoms with van der Waals surface area (Å²) in [6.45, 7) is 4.69. The fraction of sp³-hybridized carbons (Fsp3) is 0.238. The molecule has 2 heterocycles. The van der Waals surface area contributed by atoms with E-state index in [9.17, 15) is 9.59 Å². The van der Waals surface area contributed by atoms with Crippen LogP contribution in [0.1, 0.15) is 28.0 Å². The quantitative estimate of drug-likeness (QED) is 0.430. The molecule has 0 spiro atoms. The highest BCUT2D eigenvalue weighted by atomic mass is 16.5. The topological polar surface area (TPSA) is 77.2 Å². The first kappa shape index (κ1) is 17.1. The first-order valence-corrected chi connectivity index (χ1v) is 8.89. The number of fused-ring (bicyclic) bond motifs is 2. The van der Waals surface area contributed by atoms with E-state index < -0.39 is 5.76 Å². The molecule has 6 heteroatoms. The molecule has 0 fully saturated rings. The Morgan fingerprint density at radius 2 is 2.00 bits per heavy atom. The van der Waals surface area contributed by atoms with Crippen LogP contribution in [0.15, 0.2) is 51.7 Å². The van der Waals surface area contributed by atoms with E-state index in [1.165, 1.54) is 0 Å². The molecule has 0 bridgehead atoms. The molecule has 0 saturated carbocycles. The van der Waals surface area contributed by atoms with Crippen LogP contribution in [0.3, 0.4) is 0 Å². The van der Waals surface area contributed by atoms with Crippen molar-refractivity contribution >= 4 is 28.0 Å². The second kappa shape index (κ2) is 6.79. The van der Waals surface area contributed by atoms with Crippen LogP contribution in [0.5, 0.6) is 0 Å². The Morgan fingerprint density at radius 1 is 1.19 bits per heavy atom. The molecule has 0 amide bonds. The maximum Gasteiger partial charge on any atom is 0.419 e. The van der Waals surface area contributed by atoms with Crippen molar-refractivity contribution in [3.8, 4) is 0 Å². The number of ether oxygens (including phenoxy) is 1. The number of carbonyl (C=O) groups excluding carboxylic acids is 1. The van der Waals surface area contributed by atoms with Crippen molar-refractivity contribution in [2.24, 2.45) is 0 Å². The van der Waals surface area contributed by atoms with Crippen molar-refractivity contribution in [3.05, 3.63) is 69.8 Å². The van der Waals surface area contributed by atoms with Gasteiger partial charge in [0.15, 0.2) is 5.58 Å². The SMILES string of the molecule is Cc1[nH]c2ccc(C(=O)OCCCn3c(=O)oc4ccccc43)cc2c1C. The maximum absolute atomic E-state index is 12.3. The smallest absolute Gasteiger partial charge is 0.419 e. The third-order valence-electron chi connectivity index (χ3n) is 4.88. The molecule has 4 rings (SSSR count). The van der Waals surface area contributed by atoms with Gasteiger partial charge in [-0.15, -0.1) is 0 Å². The van der Waals surface area contributed by atoms with Gasteiger partial charge < -0.3 is 14.1 Å². The second-order valence-electron chi connectivity index (χ2n) is 6.61. The van der Waals surface area contributed by atoms with Gasteiger partial charge in [0.25, 0.3) is 0 Å². The summed E-state index contributed by atoms with van der Waals surface area (Å²) in [6.07, 6.45) is 0.527. The van der Waals surface area contributed by atoms with Crippen LogP contribution in [0, 0.1) is 13.8 Å². The van der Waals surface area contributed by atoms with Crippen LogP contribution in [0.2, 0.25) is 0 Å². The lowest BCUT2D eigenvalue weighted by atomic mass is 10.1. The number of H-pyrrole nitrogens is 1. The zero-order valence-corrected chi connectivity index (χ0v) is 15.2. The fourth-order valence-corrected chi connectivity index (χ4v) is 3.28. The highest BCUT2D eigenvalue weighted by molar-refractivity contribution is 5.96. The predicted molar refractivity (Wildman–Crippen MR) is 103 cm³/mol. The third kappa shape index (κ3) is 3.14. The first-order chi connectivity index (χ1) is 13.0. The molecule has 4 aromatic rings. The monoisotopic (exact) mass is 364 g/mol. The van der Waals surface area contributed by atoms with Gasteiger partial charge in [-0.05, 0) is 56.2 Å². The number of hydrogen-bond acceptors (Lipinski definition) is 4. The molecule has 0 aliphatic rings. The Morgan fingerprint density at radius 3 is 2.85 bits per heavy atom. The minimum atomic E-state index is -0.397. The van der Waals surface area contributed by atoms with E-state index in [2.05, 4.69) is 4.98 Å². The number of nitrogens with one attached hydrogen (secondary N) is 1. The third-order valence-corrected chi connectivity index (χ3v) is 4.88. The van der Waals surface area contributed by atoms with Crippen LogP contribution < -0.4 is 5.76 Å². The molecular weight excluding hydrogens is 344 g/mol. The average Bonchev–Trinajstić information content (AvgIpc) is 3.14. The van der Waals surface area contributed by atoms with Gasteiger partial charge in [0.05, 0.1) is 17.7 Å². The predicted octanol–water partition coefficient (Wildman–Crippen LogP) is 3.94. The normalized spacial score (nSPS) is 11.3. The molecular formula is C21H20N2O4. The number of para-hydroxylation sites is 2. The van der Waals surface area contributed by atoms with Crippen molar-refractivity contribution in [3.63, 3.8) is 0 Å². The molecule has 27 heavy (non-hydrogen) atoms. The summed E-state index contributed by atoms with van der Waals surface area (Å²) in [5.74, 6) is -0.758. The number of aromatic nitrogens is 2. The molecule has 1 N–H and O–H groups in total. The standard InChI is InChI=1S/C21H20N2O4/c1-13-14(2)22-17-9-8-15(12-16(13)17)20(24)26-11-5-10-23-18-6-3-4-7-19(18)27-21(23)25/h3-4,6-9,12,22H,5,10-11H2,1-2H3. The van der Waals surface area contributed by atoms with E-state index in [-0.39, 0.29) is 12.6 Å². The van der Waals surface area contributed by atoms with E-state index in [4.69, 9.17) is 9.15 Å². The molecule has 0 radical (unpaired) electrons. The van der Waals surface area contributed by atoms with E-state index >= 15 is 0 Å². The second-order valence-corrected chi connectivity index (χ2v) is 6.61. The minimum Gasteiger partial charge on any atom is -0.462 e. The largest absolute Gasteiger partial charge is 0.462 e. The number of oxazole rings is 1. The molecule has 0 unspecified atom stereocenters. The van der Waals surface area contributed by atoms with Gasteiger partial charge >= 0.3 is 11.7 Å². The lowest BCUT2D eigenvalue weighted by Crippen LogP contribution is -2.16. The number of benzene rings is 2. The van der Waals surface area contributed by atoms with Crippen LogP contribution in [-0.2, 0) is 11.3 Å². The van der Waals surface area contributed by atoms with Gasteiger partial charge in [-0.25, -0.2) is 9.59 Å². The van der Waals surface area contributed by atoms with Crippen LogP contribution in [-0.4, -0.2) is 22.1 Å². The Kier molecular flexibility index (Phi) is 4.32. The van der Waals surface area contributed by atoms with Gasteiger partial charge in [0.2, 0.25) is 0 Å². The zero-order valence-electron chi connectivity index (χ0n) is 15.2. The van der Waals surface area contributed by atoms with Crippen LogP contribution in [0.4, 0.5) is 0 Å². The lowest BCUT2D eigenvalue weighted by Gasteiger charge is -2.06. The maximum atomic E-state index is 12.3. The lowest BCUT2D eigenvalue weighted by molar-refractivity contribution is 0.0496. The van der Waals surface area contributed by atoms with Crippen molar-refractivity contribution in [2.75, 3.05) is 6.61 Å². The molecule has 0 saturated heterocycles. The van der Waals surface area contributed by atoms with Gasteiger partial charge in [0.1, 0.15) is 0 Å². The molecule has 2 aromatic carbocycles. The summed E-state index contributed by atoms with van der Waals surface area (Å²) < 4.78 is 12.1. The number of nitrogens with zero attached hydrogens (tertiary/aromatic N) is 1. The minimum absolute atomic E-state index is 0.230. The van der Waals surface area contributed by atoms with E-state index in [0.717, 1.165) is 27.7 Å². The van der Waals surface area contributed by atoms with Gasteiger partial charge in [0, 0.05) is 23.1 Å². The summed E-state index contributed by atoms with van der Waals surface area (Å²) in [5, 5.41) is 1.03. The number of carbonyl (C=O) groups is 1. The highest BCUT2D eigenvalue weighted by Crippen LogP contribution is 2.22. The van der Waals surface area contributed by atoms with E-state index in [1.807, 2.05) is 44.2 Å². The fourth-order valence-electron chi connectivity index (χ4n) is 3.28. The van der Waals surface area contributed by atoms with Gasteiger partial charge in [-0.1, -0.05) is 12.1 Å². The van der Waals surface area contributed by atoms with Crippen molar-refractivity contribution in [1.29, 1.82) is 0 Å². The van der Waals surface area contributed by atoms with E-state index in [0.29, 0.717) is 24.1 Å². The number of hydrogen-bond donors (Lipinski definition) is 1. The summed E-state index contributed by atoms with van der Waals surface area (Å²) >= 11 is 0. The Bertz CT molecular complexity index is 1200. The average molecular weight is 364 g/mol. The Labute approximate surface area is 155 Å². The number of aromatic amines is 1. The number of rotatable bonds is 5. The highest BCUT2D eigenvalue weighted by Gasteiger charge is 2.12.